The Morgan fingerprint density at radius 3 is 2.07 bits per heavy atom. The minimum Gasteiger partial charge on any atom is -0.383 e. The quantitative estimate of drug-likeness (QED) is 0.309. The molecule has 1 saturated heterocycles. The molecule has 0 aromatic carbocycles. The van der Waals surface area contributed by atoms with Gasteiger partial charge in [-0.2, -0.15) is 5.26 Å². The van der Waals surface area contributed by atoms with E-state index < -0.39 is 6.10 Å². The van der Waals surface area contributed by atoms with E-state index in [2.05, 4.69) is 26.8 Å². The summed E-state index contributed by atoms with van der Waals surface area (Å²) in [6, 6.07) is 2.30. The largest absolute Gasteiger partial charge is 0.383 e. The number of nitriles is 1. The summed E-state index contributed by atoms with van der Waals surface area (Å²) in [5, 5.41) is 9.70. The first-order valence-corrected chi connectivity index (χ1v) is 10.8. The predicted octanol–water partition coefficient (Wildman–Crippen LogP) is 3.91. The van der Waals surface area contributed by atoms with E-state index in [1.165, 1.54) is 0 Å². The van der Waals surface area contributed by atoms with Crippen LogP contribution < -0.4 is 0 Å². The first-order valence-electron chi connectivity index (χ1n) is 10.8. The third kappa shape index (κ3) is 8.48. The summed E-state index contributed by atoms with van der Waals surface area (Å²) in [7, 11) is 3.81. The second kappa shape index (κ2) is 14.8. The highest BCUT2D eigenvalue weighted by molar-refractivity contribution is 5.28. The number of hydrogen-bond donors (Lipinski definition) is 0. The Bertz CT molecular complexity index is 476. The standard InChI is InChI=1S/C22H40N2O4/c1-6-9-12-25-17-19-21(26-13-10-7-2)22(27-14-11-8-3)20(28-19)18(15-23)16-24(4)5/h16,19-22H,6-14,17H2,1-5H3/b18-16+/t19-,20?,21-,22+/m1/s1. The first-order chi connectivity index (χ1) is 13.6. The fourth-order valence-electron chi connectivity index (χ4n) is 3.11. The Morgan fingerprint density at radius 2 is 1.54 bits per heavy atom. The molecule has 0 N–H and O–H groups in total. The minimum absolute atomic E-state index is 0.228. The maximum Gasteiger partial charge on any atom is 0.123 e. The van der Waals surface area contributed by atoms with E-state index in [0.29, 0.717) is 32.0 Å². The van der Waals surface area contributed by atoms with Gasteiger partial charge in [0.05, 0.1) is 18.2 Å². The molecule has 1 aliphatic heterocycles. The van der Waals surface area contributed by atoms with E-state index in [-0.39, 0.29) is 18.3 Å². The molecular weight excluding hydrogens is 356 g/mol. The molecule has 0 saturated carbocycles. The van der Waals surface area contributed by atoms with Gasteiger partial charge < -0.3 is 23.8 Å². The second-order valence-corrected chi connectivity index (χ2v) is 7.56. The van der Waals surface area contributed by atoms with Gasteiger partial charge in [0.1, 0.15) is 24.4 Å². The maximum atomic E-state index is 9.70. The molecule has 0 aromatic heterocycles. The zero-order chi connectivity index (χ0) is 20.8. The lowest BCUT2D eigenvalue weighted by Gasteiger charge is -2.25. The Labute approximate surface area is 171 Å². The molecule has 1 aliphatic rings. The van der Waals surface area contributed by atoms with Crippen molar-refractivity contribution in [3.63, 3.8) is 0 Å². The average Bonchev–Trinajstić information content (AvgIpc) is 3.01. The lowest BCUT2D eigenvalue weighted by atomic mass is 10.0. The van der Waals surface area contributed by atoms with Crippen molar-refractivity contribution >= 4 is 0 Å². The molecule has 0 radical (unpaired) electrons. The van der Waals surface area contributed by atoms with Gasteiger partial charge in [0.15, 0.2) is 0 Å². The zero-order valence-electron chi connectivity index (χ0n) is 18.5. The van der Waals surface area contributed by atoms with Crippen molar-refractivity contribution in [2.24, 2.45) is 0 Å². The third-order valence-electron chi connectivity index (χ3n) is 4.68. The van der Waals surface area contributed by atoms with Crippen molar-refractivity contribution in [3.8, 4) is 6.07 Å². The number of rotatable bonds is 15. The van der Waals surface area contributed by atoms with E-state index in [4.69, 9.17) is 18.9 Å². The predicted molar refractivity (Wildman–Crippen MR) is 111 cm³/mol. The van der Waals surface area contributed by atoms with Gasteiger partial charge in [-0.25, -0.2) is 0 Å². The van der Waals surface area contributed by atoms with Gasteiger partial charge in [-0.3, -0.25) is 0 Å². The summed E-state index contributed by atoms with van der Waals surface area (Å²) in [6.07, 6.45) is 6.83. The Hall–Kier alpha value is -1.13. The third-order valence-corrected chi connectivity index (χ3v) is 4.68. The van der Waals surface area contributed by atoms with Gasteiger partial charge >= 0.3 is 0 Å². The maximum absolute atomic E-state index is 9.70. The number of nitrogens with zero attached hydrogens (tertiary/aromatic N) is 2. The van der Waals surface area contributed by atoms with Gasteiger partial charge in [-0.1, -0.05) is 40.0 Å². The van der Waals surface area contributed by atoms with Crippen molar-refractivity contribution in [3.05, 3.63) is 11.8 Å². The van der Waals surface area contributed by atoms with Gasteiger partial charge in [-0.05, 0) is 19.3 Å². The Morgan fingerprint density at radius 1 is 0.964 bits per heavy atom. The molecule has 0 aromatic rings. The highest BCUT2D eigenvalue weighted by atomic mass is 16.6. The topological polar surface area (TPSA) is 64.0 Å². The Balaban J connectivity index is 2.97. The molecule has 1 heterocycles. The molecule has 28 heavy (non-hydrogen) atoms. The summed E-state index contributed by atoms with van der Waals surface area (Å²) in [4.78, 5) is 1.86. The molecule has 6 heteroatoms. The van der Waals surface area contributed by atoms with Crippen LogP contribution >= 0.6 is 0 Å². The highest BCUT2D eigenvalue weighted by Gasteiger charge is 2.48. The molecule has 0 bridgehead atoms. The van der Waals surface area contributed by atoms with Crippen LogP contribution in [0.2, 0.25) is 0 Å². The number of hydrogen-bond acceptors (Lipinski definition) is 6. The summed E-state index contributed by atoms with van der Waals surface area (Å²) in [6.45, 7) is 8.90. The van der Waals surface area contributed by atoms with Crippen molar-refractivity contribution in [2.75, 3.05) is 40.5 Å². The smallest absolute Gasteiger partial charge is 0.123 e. The Kier molecular flexibility index (Phi) is 13.2. The summed E-state index contributed by atoms with van der Waals surface area (Å²) in [5.74, 6) is 0. The SMILES string of the molecule is CCCCOC[C@H]1OC(/C(C#N)=C/N(C)C)[C@H](OCCCC)[C@@H]1OCCCC. The molecular formula is C22H40N2O4. The minimum atomic E-state index is -0.435. The molecule has 4 atom stereocenters. The molecule has 0 spiro atoms. The van der Waals surface area contributed by atoms with E-state index >= 15 is 0 Å². The van der Waals surface area contributed by atoms with Crippen molar-refractivity contribution < 1.29 is 18.9 Å². The normalized spacial score (nSPS) is 25.1. The van der Waals surface area contributed by atoms with Crippen LogP contribution in [0.4, 0.5) is 0 Å². The van der Waals surface area contributed by atoms with E-state index in [1.807, 2.05) is 25.2 Å². The van der Waals surface area contributed by atoms with Crippen LogP contribution in [0.5, 0.6) is 0 Å². The van der Waals surface area contributed by atoms with Gasteiger partial charge in [0.25, 0.3) is 0 Å². The zero-order valence-corrected chi connectivity index (χ0v) is 18.5. The van der Waals surface area contributed by atoms with Crippen LogP contribution in [0.1, 0.15) is 59.3 Å². The van der Waals surface area contributed by atoms with Gasteiger partial charge in [-0.15, -0.1) is 0 Å². The molecule has 1 unspecified atom stereocenters. The van der Waals surface area contributed by atoms with E-state index in [1.54, 1.807) is 0 Å². The van der Waals surface area contributed by atoms with Crippen LogP contribution in [0.25, 0.3) is 0 Å². The summed E-state index contributed by atoms with van der Waals surface area (Å²) < 4.78 is 24.5. The first kappa shape index (κ1) is 24.9. The van der Waals surface area contributed by atoms with Crippen molar-refractivity contribution in [2.45, 2.75) is 83.7 Å². The van der Waals surface area contributed by atoms with Crippen molar-refractivity contribution in [1.29, 1.82) is 5.26 Å². The van der Waals surface area contributed by atoms with Crippen LogP contribution in [0.15, 0.2) is 11.8 Å². The van der Waals surface area contributed by atoms with Crippen LogP contribution in [0, 0.1) is 11.3 Å². The monoisotopic (exact) mass is 396 g/mol. The molecule has 6 nitrogen and oxygen atoms in total. The fourth-order valence-corrected chi connectivity index (χ4v) is 3.11. The molecule has 162 valence electrons. The fraction of sp³-hybridized carbons (Fsp3) is 0.864. The molecule has 1 fully saturated rings. The van der Waals surface area contributed by atoms with Crippen molar-refractivity contribution in [1.82, 2.24) is 4.90 Å². The van der Waals surface area contributed by atoms with Crippen LogP contribution in [0.3, 0.4) is 0 Å². The molecule has 1 rings (SSSR count). The lowest BCUT2D eigenvalue weighted by molar-refractivity contribution is -0.0795. The molecule has 0 amide bonds. The lowest BCUT2D eigenvalue weighted by Crippen LogP contribution is -2.40. The summed E-state index contributed by atoms with van der Waals surface area (Å²) >= 11 is 0. The van der Waals surface area contributed by atoms with Gasteiger partial charge in [0, 0.05) is 40.1 Å². The number of ether oxygens (including phenoxy) is 4. The van der Waals surface area contributed by atoms with Crippen LogP contribution in [-0.2, 0) is 18.9 Å². The summed E-state index contributed by atoms with van der Waals surface area (Å²) in [5.41, 5.74) is 0.562. The van der Waals surface area contributed by atoms with E-state index in [0.717, 1.165) is 38.5 Å². The van der Waals surface area contributed by atoms with Crippen LogP contribution in [-0.4, -0.2) is 69.8 Å². The highest BCUT2D eigenvalue weighted by Crippen LogP contribution is 2.32. The number of unbranched alkanes of at least 4 members (excludes halogenated alkanes) is 3. The van der Waals surface area contributed by atoms with E-state index in [9.17, 15) is 5.26 Å². The average molecular weight is 397 g/mol. The molecule has 0 aliphatic carbocycles. The van der Waals surface area contributed by atoms with Gasteiger partial charge in [0.2, 0.25) is 0 Å². The second-order valence-electron chi connectivity index (χ2n) is 7.56.